The van der Waals surface area contributed by atoms with Crippen LogP contribution in [0.5, 0.6) is 0 Å². The average Bonchev–Trinajstić information content (AvgIpc) is 2.15. The van der Waals surface area contributed by atoms with E-state index >= 15 is 0 Å². The van der Waals surface area contributed by atoms with Crippen molar-refractivity contribution in [3.63, 3.8) is 0 Å². The molecule has 0 spiro atoms. The normalized spacial score (nSPS) is 11.4. The molecule has 0 aliphatic carbocycles. The summed E-state index contributed by atoms with van der Waals surface area (Å²) in [6.07, 6.45) is -4.29. The Bertz CT molecular complexity index is 329. The summed E-state index contributed by atoms with van der Waals surface area (Å²) in [5.41, 5.74) is -0.0642. The Morgan fingerprint density at radius 3 is 2.07 bits per heavy atom. The quantitative estimate of drug-likeness (QED) is 0.771. The van der Waals surface area contributed by atoms with E-state index in [2.05, 4.69) is 15.9 Å². The number of rotatable bonds is 2. The topological polar surface area (TPSA) is 9.23 Å². The van der Waals surface area contributed by atoms with Crippen LogP contribution in [0.2, 0.25) is 0 Å². The van der Waals surface area contributed by atoms with Crippen molar-refractivity contribution in [1.82, 2.24) is 0 Å². The third-order valence-electron chi connectivity index (χ3n) is 1.63. The molecule has 1 aromatic rings. The Kier molecular flexibility index (Phi) is 3.49. The van der Waals surface area contributed by atoms with Gasteiger partial charge in [0.25, 0.3) is 0 Å². The van der Waals surface area contributed by atoms with Crippen LogP contribution < -0.4 is 0 Å². The summed E-state index contributed by atoms with van der Waals surface area (Å²) >= 11 is 2.61. The summed E-state index contributed by atoms with van der Waals surface area (Å²) in [4.78, 5) is 0. The zero-order valence-electron chi connectivity index (χ0n) is 7.26. The maximum atomic E-state index is 12.2. The van der Waals surface area contributed by atoms with Crippen LogP contribution in [0, 0.1) is 0 Å². The number of halogens is 3. The second-order valence-corrected chi connectivity index (χ2v) is 3.15. The van der Waals surface area contributed by atoms with Crippen LogP contribution in [-0.2, 0) is 26.8 Å². The first kappa shape index (κ1) is 11.4. The van der Waals surface area contributed by atoms with Crippen molar-refractivity contribution in [3.05, 3.63) is 35.4 Å². The summed E-state index contributed by atoms with van der Waals surface area (Å²) in [7, 11) is 1.45. The fourth-order valence-electron chi connectivity index (χ4n) is 0.913. The molecule has 0 fully saturated rings. The number of hydrogen-bond acceptors (Lipinski definition) is 1. The van der Waals surface area contributed by atoms with Gasteiger partial charge in [0.2, 0.25) is 0 Å². The number of benzene rings is 1. The third-order valence-corrected chi connectivity index (χ3v) is 2.26. The van der Waals surface area contributed by atoms with Crippen molar-refractivity contribution in [1.29, 1.82) is 0 Å². The van der Waals surface area contributed by atoms with E-state index in [1.807, 2.05) is 0 Å². The van der Waals surface area contributed by atoms with Gasteiger partial charge < -0.3 is 0 Å². The van der Waals surface area contributed by atoms with Gasteiger partial charge in [0.1, 0.15) is 0 Å². The fraction of sp³-hybridized carbons (Fsp3) is 0.222. The second kappa shape index (κ2) is 4.26. The van der Waals surface area contributed by atoms with Gasteiger partial charge in [-0.05, 0) is 0 Å². The van der Waals surface area contributed by atoms with E-state index in [4.69, 9.17) is 4.74 Å². The fourth-order valence-corrected chi connectivity index (χ4v) is 1.13. The van der Waals surface area contributed by atoms with Gasteiger partial charge in [0.15, 0.2) is 0 Å². The molecule has 0 radical (unpaired) electrons. The molecule has 0 heterocycles. The monoisotopic (exact) mass is 240 g/mol. The number of alkyl halides is 3. The number of ether oxygens (including phenoxy) is 1. The second-order valence-electron chi connectivity index (χ2n) is 2.57. The summed E-state index contributed by atoms with van der Waals surface area (Å²) in [6, 6.07) is 4.76. The Morgan fingerprint density at radius 2 is 1.71 bits per heavy atom. The third kappa shape index (κ3) is 2.68. The van der Waals surface area contributed by atoms with Crippen LogP contribution in [0.4, 0.5) is 13.2 Å². The number of hydrogen-bond donors (Lipinski definition) is 0. The van der Waals surface area contributed by atoms with Crippen LogP contribution in [-0.4, -0.2) is 11.7 Å². The molecule has 0 aliphatic rings. The Balaban J connectivity index is 2.95. The molecule has 0 aromatic heterocycles. The molecule has 0 N–H and O–H groups in total. The summed E-state index contributed by atoms with van der Waals surface area (Å²) in [6.45, 7) is 0. The SMILES string of the molecule is CO[C](=[Cr])c1ccc(C(F)(F)F)cc1. The Hall–Kier alpha value is -0.628. The van der Waals surface area contributed by atoms with Crippen LogP contribution in [0.25, 0.3) is 0 Å². The molecule has 0 unspecified atom stereocenters. The molecule has 1 rings (SSSR count). The molecule has 5 heteroatoms. The maximum absolute atomic E-state index is 12.2. The standard InChI is InChI=1S/C9H7F3O.Cr/c1-13-6-7-2-4-8(5-3-7)9(10,11)12;/h2-5H,1H3;. The average molecular weight is 240 g/mol. The molecule has 0 bridgehead atoms. The van der Waals surface area contributed by atoms with Crippen molar-refractivity contribution < 1.29 is 33.8 Å². The van der Waals surface area contributed by atoms with E-state index in [0.717, 1.165) is 12.1 Å². The zero-order chi connectivity index (χ0) is 10.8. The molecule has 0 aliphatic heterocycles. The van der Waals surface area contributed by atoms with Crippen molar-refractivity contribution in [2.45, 2.75) is 6.18 Å². The van der Waals surface area contributed by atoms with Crippen LogP contribution in [0.15, 0.2) is 24.3 Å². The molecule has 76 valence electrons. The van der Waals surface area contributed by atoms with E-state index < -0.39 is 11.7 Å². The minimum atomic E-state index is -4.29. The summed E-state index contributed by atoms with van der Waals surface area (Å²) in [5, 5.41) is 0. The first-order valence-electron chi connectivity index (χ1n) is 3.70. The first-order chi connectivity index (χ1) is 6.45. The van der Waals surface area contributed by atoms with Crippen molar-refractivity contribution in [3.8, 4) is 0 Å². The molecular formula is C9H7CrF3O. The van der Waals surface area contributed by atoms with Gasteiger partial charge in [-0.2, -0.15) is 0 Å². The minimum absolute atomic E-state index is 0.471. The van der Waals surface area contributed by atoms with Gasteiger partial charge in [-0.1, -0.05) is 0 Å². The van der Waals surface area contributed by atoms with Crippen molar-refractivity contribution in [2.24, 2.45) is 0 Å². The Labute approximate surface area is 87.5 Å². The van der Waals surface area contributed by atoms with Crippen LogP contribution in [0.3, 0.4) is 0 Å². The zero-order valence-corrected chi connectivity index (χ0v) is 8.53. The van der Waals surface area contributed by atoms with E-state index in [1.165, 1.54) is 19.2 Å². The molecule has 0 saturated carbocycles. The summed E-state index contributed by atoms with van der Waals surface area (Å²) < 4.78 is 41.8. The van der Waals surface area contributed by atoms with Crippen molar-refractivity contribution >= 4 is 4.57 Å². The van der Waals surface area contributed by atoms with Crippen LogP contribution >= 0.6 is 0 Å². The molecular weight excluding hydrogens is 233 g/mol. The molecule has 14 heavy (non-hydrogen) atoms. The molecule has 1 nitrogen and oxygen atoms in total. The van der Waals surface area contributed by atoms with Crippen molar-refractivity contribution in [2.75, 3.05) is 7.11 Å². The van der Waals surface area contributed by atoms with Gasteiger partial charge in [-0.25, -0.2) is 0 Å². The van der Waals surface area contributed by atoms with Crippen LogP contribution in [0.1, 0.15) is 11.1 Å². The predicted octanol–water partition coefficient (Wildman–Crippen LogP) is 2.38. The van der Waals surface area contributed by atoms with E-state index in [0.29, 0.717) is 10.1 Å². The molecule has 1 aromatic carbocycles. The van der Waals surface area contributed by atoms with E-state index in [1.54, 1.807) is 0 Å². The van der Waals surface area contributed by atoms with Gasteiger partial charge >= 0.3 is 87.0 Å². The van der Waals surface area contributed by atoms with Gasteiger partial charge in [-0.15, -0.1) is 0 Å². The predicted molar refractivity (Wildman–Crippen MR) is 42.6 cm³/mol. The Morgan fingerprint density at radius 1 is 1.21 bits per heavy atom. The van der Waals surface area contributed by atoms with E-state index in [-0.39, 0.29) is 0 Å². The summed E-state index contributed by atoms with van der Waals surface area (Å²) in [5.74, 6) is 0. The molecule has 0 saturated heterocycles. The number of methoxy groups -OCH3 is 1. The first-order valence-corrected chi connectivity index (χ1v) is 4.34. The molecule has 0 atom stereocenters. The molecule has 0 amide bonds. The van der Waals surface area contributed by atoms with Gasteiger partial charge in [0.05, 0.1) is 0 Å². The van der Waals surface area contributed by atoms with Gasteiger partial charge in [-0.3, -0.25) is 0 Å². The van der Waals surface area contributed by atoms with Gasteiger partial charge in [0, 0.05) is 0 Å². The van der Waals surface area contributed by atoms with E-state index in [9.17, 15) is 13.2 Å².